The first-order chi connectivity index (χ1) is 8.67. The van der Waals surface area contributed by atoms with Gasteiger partial charge in [-0.2, -0.15) is 5.26 Å². The van der Waals surface area contributed by atoms with Crippen molar-refractivity contribution >= 4 is 0 Å². The third kappa shape index (κ3) is 3.70. The van der Waals surface area contributed by atoms with Gasteiger partial charge in [-0.05, 0) is 45.6 Å². The van der Waals surface area contributed by atoms with Crippen LogP contribution in [-0.4, -0.2) is 35.6 Å². The standard InChI is InChI=1S/C15H27N3/c1-3-14-7-5-4-6-10-18(14)12-15(2,11-16)17-13-8-9-13/h13-14,17H,3-10,12H2,1-2H3. The van der Waals surface area contributed by atoms with Crippen molar-refractivity contribution < 1.29 is 0 Å². The van der Waals surface area contributed by atoms with Crippen LogP contribution >= 0.6 is 0 Å². The molecule has 2 atom stereocenters. The SMILES string of the molecule is CCC1CCCCCN1CC(C)(C#N)NC1CC1. The summed E-state index contributed by atoms with van der Waals surface area (Å²) in [7, 11) is 0. The molecule has 2 aliphatic rings. The fraction of sp³-hybridized carbons (Fsp3) is 0.933. The van der Waals surface area contributed by atoms with Gasteiger partial charge in [0.15, 0.2) is 0 Å². The number of rotatable bonds is 5. The Labute approximate surface area is 112 Å². The molecule has 2 rings (SSSR count). The minimum absolute atomic E-state index is 0.362. The van der Waals surface area contributed by atoms with Crippen molar-refractivity contribution in [3.63, 3.8) is 0 Å². The van der Waals surface area contributed by atoms with E-state index in [4.69, 9.17) is 0 Å². The molecule has 2 fully saturated rings. The highest BCUT2D eigenvalue weighted by Crippen LogP contribution is 2.25. The van der Waals surface area contributed by atoms with Crippen molar-refractivity contribution in [3.05, 3.63) is 0 Å². The van der Waals surface area contributed by atoms with Crippen LogP contribution < -0.4 is 5.32 Å². The Bertz CT molecular complexity index is 305. The molecule has 1 aliphatic heterocycles. The molecule has 1 aliphatic carbocycles. The maximum Gasteiger partial charge on any atom is 0.116 e. The lowest BCUT2D eigenvalue weighted by atomic mass is 10.0. The van der Waals surface area contributed by atoms with Crippen molar-refractivity contribution in [2.24, 2.45) is 0 Å². The van der Waals surface area contributed by atoms with Gasteiger partial charge in [-0.3, -0.25) is 10.2 Å². The summed E-state index contributed by atoms with van der Waals surface area (Å²) in [6.07, 6.45) is 9.01. The first-order valence-corrected chi connectivity index (χ1v) is 7.60. The molecule has 1 heterocycles. The van der Waals surface area contributed by atoms with Crippen LogP contribution in [0.5, 0.6) is 0 Å². The average Bonchev–Trinajstić information content (AvgIpc) is 3.17. The predicted molar refractivity (Wildman–Crippen MR) is 74.3 cm³/mol. The van der Waals surface area contributed by atoms with Gasteiger partial charge in [0.1, 0.15) is 5.54 Å². The molecule has 1 N–H and O–H groups in total. The molecule has 1 saturated carbocycles. The number of hydrogen-bond acceptors (Lipinski definition) is 3. The van der Waals surface area contributed by atoms with Gasteiger partial charge in [-0.1, -0.05) is 19.8 Å². The van der Waals surface area contributed by atoms with Gasteiger partial charge in [0, 0.05) is 18.6 Å². The normalized spacial score (nSPS) is 29.3. The van der Waals surface area contributed by atoms with E-state index < -0.39 is 0 Å². The highest BCUT2D eigenvalue weighted by Gasteiger charge is 2.35. The van der Waals surface area contributed by atoms with Crippen molar-refractivity contribution in [1.82, 2.24) is 10.2 Å². The summed E-state index contributed by atoms with van der Waals surface area (Å²) in [5.41, 5.74) is -0.362. The zero-order valence-corrected chi connectivity index (χ0v) is 11.9. The Morgan fingerprint density at radius 2 is 2.06 bits per heavy atom. The molecule has 18 heavy (non-hydrogen) atoms. The van der Waals surface area contributed by atoms with Crippen LogP contribution in [0, 0.1) is 11.3 Å². The van der Waals surface area contributed by atoms with E-state index in [1.54, 1.807) is 0 Å². The summed E-state index contributed by atoms with van der Waals surface area (Å²) < 4.78 is 0. The van der Waals surface area contributed by atoms with Crippen molar-refractivity contribution in [3.8, 4) is 6.07 Å². The smallest absolute Gasteiger partial charge is 0.116 e. The second kappa shape index (κ2) is 6.04. The monoisotopic (exact) mass is 249 g/mol. The number of nitriles is 1. The molecule has 0 aromatic heterocycles. The fourth-order valence-electron chi connectivity index (χ4n) is 3.10. The maximum atomic E-state index is 9.48. The number of nitrogens with zero attached hydrogens (tertiary/aromatic N) is 2. The molecular weight excluding hydrogens is 222 g/mol. The summed E-state index contributed by atoms with van der Waals surface area (Å²) >= 11 is 0. The summed E-state index contributed by atoms with van der Waals surface area (Å²) in [4.78, 5) is 2.56. The van der Waals surface area contributed by atoms with Gasteiger partial charge in [-0.25, -0.2) is 0 Å². The molecule has 0 spiro atoms. The van der Waals surface area contributed by atoms with E-state index in [0.717, 1.165) is 6.54 Å². The van der Waals surface area contributed by atoms with Crippen LogP contribution in [-0.2, 0) is 0 Å². The zero-order valence-electron chi connectivity index (χ0n) is 11.9. The van der Waals surface area contributed by atoms with Gasteiger partial charge in [0.25, 0.3) is 0 Å². The first kappa shape index (κ1) is 13.8. The van der Waals surface area contributed by atoms with Crippen molar-refractivity contribution in [2.45, 2.75) is 76.4 Å². The Morgan fingerprint density at radius 1 is 1.28 bits per heavy atom. The highest BCUT2D eigenvalue weighted by atomic mass is 15.2. The molecule has 0 amide bonds. The molecule has 3 heteroatoms. The van der Waals surface area contributed by atoms with E-state index in [0.29, 0.717) is 12.1 Å². The van der Waals surface area contributed by atoms with Gasteiger partial charge < -0.3 is 0 Å². The van der Waals surface area contributed by atoms with Gasteiger partial charge in [-0.15, -0.1) is 0 Å². The Morgan fingerprint density at radius 3 is 2.67 bits per heavy atom. The van der Waals surface area contributed by atoms with Crippen LogP contribution in [0.4, 0.5) is 0 Å². The van der Waals surface area contributed by atoms with E-state index in [9.17, 15) is 5.26 Å². The van der Waals surface area contributed by atoms with Gasteiger partial charge in [0.2, 0.25) is 0 Å². The third-order valence-corrected chi connectivity index (χ3v) is 4.34. The van der Waals surface area contributed by atoms with Crippen molar-refractivity contribution in [1.29, 1.82) is 5.26 Å². The van der Waals surface area contributed by atoms with E-state index in [1.165, 1.54) is 51.5 Å². The van der Waals surface area contributed by atoms with Crippen LogP contribution in [0.25, 0.3) is 0 Å². The molecule has 0 aromatic rings. The molecular formula is C15H27N3. The van der Waals surface area contributed by atoms with Crippen LogP contribution in [0.2, 0.25) is 0 Å². The quantitative estimate of drug-likeness (QED) is 0.814. The lowest BCUT2D eigenvalue weighted by Gasteiger charge is -2.35. The largest absolute Gasteiger partial charge is 0.298 e. The van der Waals surface area contributed by atoms with Crippen LogP contribution in [0.3, 0.4) is 0 Å². The highest BCUT2D eigenvalue weighted by molar-refractivity contribution is 5.09. The third-order valence-electron chi connectivity index (χ3n) is 4.34. The lowest BCUT2D eigenvalue weighted by molar-refractivity contribution is 0.158. The molecule has 3 nitrogen and oxygen atoms in total. The van der Waals surface area contributed by atoms with Crippen LogP contribution in [0.1, 0.15) is 58.8 Å². The minimum atomic E-state index is -0.362. The number of likely N-dealkylation sites (tertiary alicyclic amines) is 1. The number of hydrogen-bond donors (Lipinski definition) is 1. The average molecular weight is 249 g/mol. The van der Waals surface area contributed by atoms with E-state index in [2.05, 4.69) is 30.1 Å². The molecule has 0 aromatic carbocycles. The van der Waals surface area contributed by atoms with Crippen LogP contribution in [0.15, 0.2) is 0 Å². The van der Waals surface area contributed by atoms with E-state index >= 15 is 0 Å². The maximum absolute atomic E-state index is 9.48. The summed E-state index contributed by atoms with van der Waals surface area (Å²) in [6, 6.07) is 3.79. The molecule has 102 valence electrons. The first-order valence-electron chi connectivity index (χ1n) is 7.60. The molecule has 1 saturated heterocycles. The molecule has 2 unspecified atom stereocenters. The second-order valence-corrected chi connectivity index (χ2v) is 6.24. The van der Waals surface area contributed by atoms with Gasteiger partial charge >= 0.3 is 0 Å². The predicted octanol–water partition coefficient (Wildman–Crippen LogP) is 2.68. The Hall–Kier alpha value is -0.590. The van der Waals surface area contributed by atoms with Crippen molar-refractivity contribution in [2.75, 3.05) is 13.1 Å². The Kier molecular flexibility index (Phi) is 4.64. The molecule has 0 bridgehead atoms. The topological polar surface area (TPSA) is 39.1 Å². The van der Waals surface area contributed by atoms with E-state index in [-0.39, 0.29) is 5.54 Å². The lowest BCUT2D eigenvalue weighted by Crippen LogP contribution is -2.53. The zero-order chi connectivity index (χ0) is 13.0. The summed E-state index contributed by atoms with van der Waals surface area (Å²) in [5, 5.41) is 13.0. The number of nitrogens with one attached hydrogen (secondary N) is 1. The fourth-order valence-corrected chi connectivity index (χ4v) is 3.10. The molecule has 0 radical (unpaired) electrons. The summed E-state index contributed by atoms with van der Waals surface area (Å²) in [5.74, 6) is 0. The second-order valence-electron chi connectivity index (χ2n) is 6.24. The van der Waals surface area contributed by atoms with Gasteiger partial charge in [0.05, 0.1) is 6.07 Å². The Balaban J connectivity index is 1.96. The summed E-state index contributed by atoms with van der Waals surface area (Å²) in [6.45, 7) is 6.41. The minimum Gasteiger partial charge on any atom is -0.298 e. The van der Waals surface area contributed by atoms with E-state index in [1.807, 2.05) is 0 Å².